The van der Waals surface area contributed by atoms with Crippen LogP contribution in [0.1, 0.15) is 19.4 Å². The minimum Gasteiger partial charge on any atom is -0.529 e. The Kier molecular flexibility index (Phi) is 13.0. The summed E-state index contributed by atoms with van der Waals surface area (Å²) in [5.41, 5.74) is 0.903. The molecule has 0 heterocycles. The Hall–Kier alpha value is 1.01. The van der Waals surface area contributed by atoms with Crippen LogP contribution in [0.4, 0.5) is 0 Å². The maximum absolute atomic E-state index is 5.93. The minimum atomic E-state index is -1.15. The summed E-state index contributed by atoms with van der Waals surface area (Å²) in [4.78, 5) is 0. The Morgan fingerprint density at radius 3 is 2.36 bits per heavy atom. The van der Waals surface area contributed by atoms with Gasteiger partial charge in [0.1, 0.15) is 6.29 Å². The zero-order chi connectivity index (χ0) is 15.8. The van der Waals surface area contributed by atoms with Gasteiger partial charge in [-0.15, -0.1) is 5.92 Å². The van der Waals surface area contributed by atoms with E-state index in [1.807, 2.05) is 32.5 Å². The van der Waals surface area contributed by atoms with Crippen LogP contribution >= 0.6 is 23.2 Å². The molecule has 1 rings (SSSR count). The maximum atomic E-state index is 5.93. The standard InChI is InChI=1S/C14H19BCl2O3Si.U/c1-10(8-20-21(3)15)7-18-11(2)19-9-12-4-13(16)6-14(17)5-12;/h4-7,10-11H,8-9H2,1-3H3;/q-1;+2. The van der Waals surface area contributed by atoms with Crippen LogP contribution in [0.3, 0.4) is 0 Å². The van der Waals surface area contributed by atoms with Gasteiger partial charge in [0, 0.05) is 16.7 Å². The summed E-state index contributed by atoms with van der Waals surface area (Å²) in [6.07, 6.45) is -0.366. The summed E-state index contributed by atoms with van der Waals surface area (Å²) in [5, 5.41) is 1.18. The molecule has 2 atom stereocenters. The summed E-state index contributed by atoms with van der Waals surface area (Å²) in [7, 11) is 4.46. The molecule has 0 N–H and O–H groups in total. The van der Waals surface area contributed by atoms with Crippen molar-refractivity contribution in [1.82, 2.24) is 0 Å². The molecule has 3 radical (unpaired) electrons. The molecule has 8 heteroatoms. The van der Waals surface area contributed by atoms with E-state index < -0.39 is 8.91 Å². The molecule has 117 valence electrons. The first-order chi connectivity index (χ1) is 9.86. The van der Waals surface area contributed by atoms with Crippen LogP contribution in [0.25, 0.3) is 0 Å². The largest absolute Gasteiger partial charge is 2.00 e. The van der Waals surface area contributed by atoms with Crippen LogP contribution < -0.4 is 0 Å². The van der Waals surface area contributed by atoms with Crippen molar-refractivity contribution < 1.29 is 45.0 Å². The number of hydrogen-bond donors (Lipinski definition) is 0. The van der Waals surface area contributed by atoms with E-state index in [1.54, 1.807) is 12.7 Å². The average Bonchev–Trinajstić information content (AvgIpc) is 2.39. The Bertz CT molecular complexity index is 420. The zero-order valence-corrected chi connectivity index (χ0v) is 19.6. The molecule has 0 fully saturated rings. The van der Waals surface area contributed by atoms with Gasteiger partial charge in [-0.25, -0.2) is 6.61 Å². The van der Waals surface area contributed by atoms with Gasteiger partial charge in [-0.1, -0.05) is 36.7 Å². The maximum Gasteiger partial charge on any atom is 2.00 e. The molecular weight excluding hydrogens is 564 g/mol. The van der Waals surface area contributed by atoms with Gasteiger partial charge in [0.05, 0.1) is 14.0 Å². The average molecular weight is 583 g/mol. The van der Waals surface area contributed by atoms with Crippen molar-refractivity contribution in [1.29, 1.82) is 0 Å². The topological polar surface area (TPSA) is 27.7 Å². The molecule has 0 aliphatic heterocycles. The predicted molar refractivity (Wildman–Crippen MR) is 88.6 cm³/mol. The fourth-order valence-corrected chi connectivity index (χ4v) is 2.59. The Morgan fingerprint density at radius 2 is 1.82 bits per heavy atom. The van der Waals surface area contributed by atoms with Crippen molar-refractivity contribution >= 4 is 39.6 Å². The third-order valence-corrected chi connectivity index (χ3v) is 3.54. The van der Waals surface area contributed by atoms with E-state index in [9.17, 15) is 0 Å². The van der Waals surface area contributed by atoms with Crippen LogP contribution in [0.2, 0.25) is 16.6 Å². The predicted octanol–water partition coefficient (Wildman–Crippen LogP) is 3.97. The molecule has 0 aromatic heterocycles. The van der Waals surface area contributed by atoms with Gasteiger partial charge in [-0.3, -0.25) is 0 Å². The van der Waals surface area contributed by atoms with Crippen LogP contribution in [0.5, 0.6) is 0 Å². The van der Waals surface area contributed by atoms with E-state index in [4.69, 9.17) is 44.5 Å². The molecule has 1 aromatic rings. The van der Waals surface area contributed by atoms with Crippen LogP contribution in [-0.4, -0.2) is 29.2 Å². The Morgan fingerprint density at radius 1 is 1.23 bits per heavy atom. The van der Waals surface area contributed by atoms with E-state index in [0.717, 1.165) is 5.56 Å². The molecule has 3 nitrogen and oxygen atoms in total. The Labute approximate surface area is 169 Å². The van der Waals surface area contributed by atoms with Gasteiger partial charge in [-0.2, -0.15) is 0 Å². The summed E-state index contributed by atoms with van der Waals surface area (Å²) < 4.78 is 16.5. The number of halogens is 2. The van der Waals surface area contributed by atoms with E-state index >= 15 is 0 Å². The molecule has 0 aliphatic rings. The van der Waals surface area contributed by atoms with Gasteiger partial charge in [0.15, 0.2) is 8.91 Å². The third kappa shape index (κ3) is 10.7. The van der Waals surface area contributed by atoms with Gasteiger partial charge in [-0.05, 0) is 30.7 Å². The molecule has 0 aliphatic carbocycles. The molecule has 0 spiro atoms. The first-order valence-electron chi connectivity index (χ1n) is 6.64. The van der Waals surface area contributed by atoms with Gasteiger partial charge >= 0.3 is 31.1 Å². The summed E-state index contributed by atoms with van der Waals surface area (Å²) in [5.74, 6) is 0.153. The minimum absolute atomic E-state index is 0. The molecule has 0 saturated carbocycles. The zero-order valence-electron chi connectivity index (χ0n) is 12.9. The fraction of sp³-hybridized carbons (Fsp3) is 0.500. The number of benzene rings is 1. The molecule has 22 heavy (non-hydrogen) atoms. The molecular formula is C14H19BCl2O3SiU+. The van der Waals surface area contributed by atoms with Gasteiger partial charge in [0.2, 0.25) is 0 Å². The summed E-state index contributed by atoms with van der Waals surface area (Å²) in [6, 6.07) is 5.31. The van der Waals surface area contributed by atoms with Crippen molar-refractivity contribution in [2.75, 3.05) is 6.61 Å². The van der Waals surface area contributed by atoms with Crippen molar-refractivity contribution in [2.24, 2.45) is 5.92 Å². The van der Waals surface area contributed by atoms with Gasteiger partial charge in [0.25, 0.3) is 0 Å². The van der Waals surface area contributed by atoms with Crippen LogP contribution in [0, 0.1) is 43.6 Å². The second-order valence-electron chi connectivity index (χ2n) is 4.83. The molecule has 0 saturated heterocycles. The SMILES string of the molecule is [B][Si](C)OCC(C)[CH-]OC(C)OCc1cc(Cl)cc(Cl)c1.[U+2]. The first kappa shape index (κ1) is 23.0. The van der Waals surface area contributed by atoms with Crippen molar-refractivity contribution in [3.8, 4) is 0 Å². The quantitative estimate of drug-likeness (QED) is 0.251. The van der Waals surface area contributed by atoms with Crippen molar-refractivity contribution in [3.05, 3.63) is 40.4 Å². The van der Waals surface area contributed by atoms with Crippen LogP contribution in [0.15, 0.2) is 18.2 Å². The molecule has 2 unspecified atom stereocenters. The molecule has 0 amide bonds. The second-order valence-corrected chi connectivity index (χ2v) is 7.21. The number of rotatable bonds is 9. The van der Waals surface area contributed by atoms with E-state index in [0.29, 0.717) is 23.3 Å². The van der Waals surface area contributed by atoms with Crippen molar-refractivity contribution in [2.45, 2.75) is 33.3 Å². The van der Waals surface area contributed by atoms with E-state index in [2.05, 4.69) is 0 Å². The Balaban J connectivity index is 0.00000441. The number of ether oxygens (including phenoxy) is 2. The molecule has 0 bridgehead atoms. The molecule has 1 aromatic carbocycles. The van der Waals surface area contributed by atoms with E-state index in [1.165, 1.54) is 0 Å². The second kappa shape index (κ2) is 12.4. The summed E-state index contributed by atoms with van der Waals surface area (Å²) in [6.45, 7) is 8.35. The number of hydrogen-bond acceptors (Lipinski definition) is 3. The summed E-state index contributed by atoms with van der Waals surface area (Å²) >= 11 is 11.9. The fourth-order valence-electron chi connectivity index (χ4n) is 1.49. The van der Waals surface area contributed by atoms with E-state index in [-0.39, 0.29) is 43.3 Å². The van der Waals surface area contributed by atoms with Crippen LogP contribution in [-0.2, 0) is 20.5 Å². The smallest absolute Gasteiger partial charge is 0.529 e. The third-order valence-electron chi connectivity index (χ3n) is 2.48. The first-order valence-corrected chi connectivity index (χ1v) is 9.38. The van der Waals surface area contributed by atoms with Gasteiger partial charge < -0.3 is 13.9 Å². The monoisotopic (exact) mass is 582 g/mol. The normalized spacial score (nSPS) is 13.7. The van der Waals surface area contributed by atoms with Crippen molar-refractivity contribution in [3.63, 3.8) is 0 Å².